The fourth-order valence-corrected chi connectivity index (χ4v) is 2.88. The Kier molecular flexibility index (Phi) is 5.78. The lowest BCUT2D eigenvalue weighted by Gasteiger charge is -2.32. The van der Waals surface area contributed by atoms with Crippen LogP contribution in [0.4, 0.5) is 0 Å². The van der Waals surface area contributed by atoms with Crippen LogP contribution in [0.5, 0.6) is 0 Å². The van der Waals surface area contributed by atoms with Gasteiger partial charge in [-0.15, -0.1) is 0 Å². The van der Waals surface area contributed by atoms with E-state index in [4.69, 9.17) is 5.11 Å². The second-order valence-corrected chi connectivity index (χ2v) is 5.76. The lowest BCUT2D eigenvalue weighted by Crippen LogP contribution is -2.38. The minimum atomic E-state index is -0.829. The number of piperidine rings is 1. The Balaban J connectivity index is 1.70. The molecule has 0 spiro atoms. The summed E-state index contributed by atoms with van der Waals surface area (Å²) >= 11 is 0. The predicted octanol–water partition coefficient (Wildman–Crippen LogP) is 2.72. The summed E-state index contributed by atoms with van der Waals surface area (Å²) in [4.78, 5) is 24.3. The average molecular weight is 289 g/mol. The predicted molar refractivity (Wildman–Crippen MR) is 80.9 cm³/mol. The molecule has 1 aliphatic heterocycles. The zero-order valence-corrected chi connectivity index (χ0v) is 12.3. The minimum absolute atomic E-state index is 0.0796. The summed E-state index contributed by atoms with van der Waals surface area (Å²) in [5.41, 5.74) is 1.36. The fourth-order valence-electron chi connectivity index (χ4n) is 2.88. The molecule has 1 fully saturated rings. The molecule has 2 rings (SSSR count). The number of rotatable bonds is 6. The van der Waals surface area contributed by atoms with Crippen LogP contribution < -0.4 is 0 Å². The van der Waals surface area contributed by atoms with Gasteiger partial charge < -0.3 is 10.0 Å². The average Bonchev–Trinajstić information content (AvgIpc) is 2.48. The molecular formula is C17H23NO3. The van der Waals surface area contributed by atoms with Crippen LogP contribution in [0.1, 0.15) is 37.7 Å². The van der Waals surface area contributed by atoms with E-state index in [9.17, 15) is 9.59 Å². The summed E-state index contributed by atoms with van der Waals surface area (Å²) < 4.78 is 0. The van der Waals surface area contributed by atoms with Crippen LogP contribution in [0.15, 0.2) is 30.3 Å². The largest absolute Gasteiger partial charge is 0.481 e. The Morgan fingerprint density at radius 2 is 1.76 bits per heavy atom. The summed E-state index contributed by atoms with van der Waals surface area (Å²) in [6, 6.07) is 10.5. The number of amides is 1. The molecule has 4 nitrogen and oxygen atoms in total. The zero-order valence-electron chi connectivity index (χ0n) is 12.3. The van der Waals surface area contributed by atoms with Crippen LogP contribution in [-0.4, -0.2) is 35.0 Å². The van der Waals surface area contributed by atoms with E-state index in [1.54, 1.807) is 0 Å². The van der Waals surface area contributed by atoms with Gasteiger partial charge in [0.25, 0.3) is 0 Å². The highest BCUT2D eigenvalue weighted by atomic mass is 16.4. The number of benzene rings is 1. The Morgan fingerprint density at radius 1 is 1.10 bits per heavy atom. The first-order chi connectivity index (χ1) is 10.1. The number of carboxylic acids is 1. The first kappa shape index (κ1) is 15.5. The maximum Gasteiger partial charge on any atom is 0.303 e. The van der Waals surface area contributed by atoms with Crippen LogP contribution in [0.25, 0.3) is 0 Å². The first-order valence-corrected chi connectivity index (χ1v) is 7.68. The number of hydrogen-bond donors (Lipinski definition) is 1. The van der Waals surface area contributed by atoms with E-state index in [-0.39, 0.29) is 12.3 Å². The van der Waals surface area contributed by atoms with Crippen LogP contribution in [-0.2, 0) is 16.0 Å². The third-order valence-corrected chi connectivity index (χ3v) is 4.12. The number of nitrogens with zero attached hydrogens (tertiary/aromatic N) is 1. The molecule has 0 unspecified atom stereocenters. The van der Waals surface area contributed by atoms with Crippen molar-refractivity contribution in [1.82, 2.24) is 4.90 Å². The van der Waals surface area contributed by atoms with Gasteiger partial charge in [0.15, 0.2) is 0 Å². The highest BCUT2D eigenvalue weighted by Gasteiger charge is 2.22. The van der Waals surface area contributed by atoms with E-state index in [1.165, 1.54) is 5.56 Å². The Labute approximate surface area is 125 Å². The van der Waals surface area contributed by atoms with Gasteiger partial charge in [-0.2, -0.15) is 0 Å². The van der Waals surface area contributed by atoms with Crippen molar-refractivity contribution < 1.29 is 14.7 Å². The lowest BCUT2D eigenvalue weighted by atomic mass is 9.90. The van der Waals surface area contributed by atoms with Crippen molar-refractivity contribution in [1.29, 1.82) is 0 Å². The summed E-state index contributed by atoms with van der Waals surface area (Å²) in [5.74, 6) is -0.0748. The number of carboxylic acid groups (broad SMARTS) is 1. The fraction of sp³-hybridized carbons (Fsp3) is 0.529. The van der Waals surface area contributed by atoms with Gasteiger partial charge in [-0.25, -0.2) is 0 Å². The highest BCUT2D eigenvalue weighted by Crippen LogP contribution is 2.22. The quantitative estimate of drug-likeness (QED) is 0.876. The summed E-state index contributed by atoms with van der Waals surface area (Å²) in [6.45, 7) is 1.62. The van der Waals surface area contributed by atoms with Crippen molar-refractivity contribution in [3.63, 3.8) is 0 Å². The van der Waals surface area contributed by atoms with Gasteiger partial charge in [0.05, 0.1) is 0 Å². The monoisotopic (exact) mass is 289 g/mol. The SMILES string of the molecule is O=C(O)CCCC(=O)N1CCC(Cc2ccccc2)CC1. The van der Waals surface area contributed by atoms with Crippen molar-refractivity contribution in [3.05, 3.63) is 35.9 Å². The summed E-state index contributed by atoms with van der Waals surface area (Å²) in [5, 5.41) is 8.59. The van der Waals surface area contributed by atoms with Gasteiger partial charge in [0, 0.05) is 25.9 Å². The van der Waals surface area contributed by atoms with Crippen LogP contribution in [0.2, 0.25) is 0 Å². The Bertz CT molecular complexity index is 464. The number of carbonyl (C=O) groups is 2. The Morgan fingerprint density at radius 3 is 2.38 bits per heavy atom. The molecule has 0 saturated carbocycles. The molecular weight excluding hydrogens is 266 g/mol. The van der Waals surface area contributed by atoms with E-state index < -0.39 is 5.97 Å². The van der Waals surface area contributed by atoms with Crippen LogP contribution in [0.3, 0.4) is 0 Å². The third kappa shape index (κ3) is 5.21. The maximum atomic E-state index is 12.0. The highest BCUT2D eigenvalue weighted by molar-refractivity contribution is 5.77. The molecule has 1 aromatic carbocycles. The molecule has 0 radical (unpaired) electrons. The van der Waals surface area contributed by atoms with E-state index in [0.29, 0.717) is 18.8 Å². The van der Waals surface area contributed by atoms with E-state index in [2.05, 4.69) is 24.3 Å². The molecule has 4 heteroatoms. The standard InChI is InChI=1S/C17H23NO3/c19-16(7-4-8-17(20)21)18-11-9-15(10-12-18)13-14-5-2-1-3-6-14/h1-3,5-6,15H,4,7-13H2,(H,20,21). The molecule has 1 heterocycles. The number of likely N-dealkylation sites (tertiary alicyclic amines) is 1. The molecule has 1 N–H and O–H groups in total. The molecule has 0 aliphatic carbocycles. The molecule has 21 heavy (non-hydrogen) atoms. The summed E-state index contributed by atoms with van der Waals surface area (Å²) in [7, 11) is 0. The molecule has 1 aliphatic rings. The number of hydrogen-bond acceptors (Lipinski definition) is 2. The van der Waals surface area contributed by atoms with Gasteiger partial charge in [0.1, 0.15) is 0 Å². The molecule has 114 valence electrons. The van der Waals surface area contributed by atoms with E-state index in [0.717, 1.165) is 32.4 Å². The number of aliphatic carboxylic acids is 1. The van der Waals surface area contributed by atoms with Gasteiger partial charge in [-0.05, 0) is 37.2 Å². The van der Waals surface area contributed by atoms with Crippen LogP contribution >= 0.6 is 0 Å². The second kappa shape index (κ2) is 7.81. The van der Waals surface area contributed by atoms with Gasteiger partial charge in [-0.3, -0.25) is 9.59 Å². The summed E-state index contributed by atoms with van der Waals surface area (Å²) in [6.07, 6.45) is 4.05. The van der Waals surface area contributed by atoms with E-state index >= 15 is 0 Å². The lowest BCUT2D eigenvalue weighted by molar-refractivity contribution is -0.137. The topological polar surface area (TPSA) is 57.6 Å². The van der Waals surface area contributed by atoms with Gasteiger partial charge >= 0.3 is 5.97 Å². The molecule has 0 atom stereocenters. The normalized spacial score (nSPS) is 15.9. The molecule has 1 saturated heterocycles. The Hall–Kier alpha value is -1.84. The van der Waals surface area contributed by atoms with Crippen LogP contribution in [0, 0.1) is 5.92 Å². The molecule has 1 aromatic rings. The van der Waals surface area contributed by atoms with Crippen molar-refractivity contribution in [2.24, 2.45) is 5.92 Å². The van der Waals surface area contributed by atoms with Crippen molar-refractivity contribution in [2.75, 3.05) is 13.1 Å². The second-order valence-electron chi connectivity index (χ2n) is 5.76. The van der Waals surface area contributed by atoms with Crippen molar-refractivity contribution in [3.8, 4) is 0 Å². The van der Waals surface area contributed by atoms with Gasteiger partial charge in [0.2, 0.25) is 5.91 Å². The molecule has 0 aromatic heterocycles. The van der Waals surface area contributed by atoms with Gasteiger partial charge in [-0.1, -0.05) is 30.3 Å². The molecule has 1 amide bonds. The number of carbonyl (C=O) groups excluding carboxylic acids is 1. The van der Waals surface area contributed by atoms with Crippen molar-refractivity contribution in [2.45, 2.75) is 38.5 Å². The smallest absolute Gasteiger partial charge is 0.303 e. The maximum absolute atomic E-state index is 12.0. The van der Waals surface area contributed by atoms with E-state index in [1.807, 2.05) is 11.0 Å². The zero-order chi connectivity index (χ0) is 15.1. The first-order valence-electron chi connectivity index (χ1n) is 7.68. The van der Waals surface area contributed by atoms with Crippen molar-refractivity contribution >= 4 is 11.9 Å². The third-order valence-electron chi connectivity index (χ3n) is 4.12. The molecule has 0 bridgehead atoms. The minimum Gasteiger partial charge on any atom is -0.481 e.